The summed E-state index contributed by atoms with van der Waals surface area (Å²) in [6.45, 7) is 14.6. The van der Waals surface area contributed by atoms with Gasteiger partial charge in [0.1, 0.15) is 11.7 Å². The molecule has 41 heavy (non-hydrogen) atoms. The van der Waals surface area contributed by atoms with Crippen LogP contribution in [-0.4, -0.2) is 67.0 Å². The molecule has 0 radical (unpaired) electrons. The zero-order chi connectivity index (χ0) is 30.2. The summed E-state index contributed by atoms with van der Waals surface area (Å²) in [4.78, 5) is 16.7. The van der Waals surface area contributed by atoms with Crippen molar-refractivity contribution in [3.63, 3.8) is 0 Å². The first-order valence-corrected chi connectivity index (χ1v) is 15.7. The lowest BCUT2D eigenvalue weighted by atomic mass is 9.52. The fraction of sp³-hybridized carbons (Fsp3) is 0.742. The molecule has 0 amide bonds. The van der Waals surface area contributed by atoms with Crippen LogP contribution in [0, 0.1) is 17.3 Å². The summed E-state index contributed by atoms with van der Waals surface area (Å²) in [7, 11) is 0. The van der Waals surface area contributed by atoms with Gasteiger partial charge in [0.15, 0.2) is 11.5 Å². The third-order valence-corrected chi connectivity index (χ3v) is 11.2. The van der Waals surface area contributed by atoms with Crippen LogP contribution in [0.2, 0.25) is 0 Å². The number of hydrogen-bond acceptors (Lipinski definition) is 10. The molecule has 10 heteroatoms. The Hall–Kier alpha value is -1.98. The van der Waals surface area contributed by atoms with Gasteiger partial charge in [0.05, 0.1) is 51.3 Å². The number of carbonyl (C=O) groups excluding carboxylic acids is 1. The topological polar surface area (TPSA) is 139 Å². The number of phenols is 1. The molecule has 0 unspecified atom stereocenters. The first-order chi connectivity index (χ1) is 19.1. The number of aromatic nitrogens is 1. The number of ether oxygens (including phenoxy) is 3. The number of phenolic OH excluding ortho intramolecular Hbond substituents is 1. The Morgan fingerprint density at radius 1 is 1.29 bits per heavy atom. The highest BCUT2D eigenvalue weighted by Crippen LogP contribution is 2.64. The Morgan fingerprint density at radius 2 is 1.98 bits per heavy atom. The van der Waals surface area contributed by atoms with Gasteiger partial charge in [-0.1, -0.05) is 34.1 Å². The fourth-order valence-electron chi connectivity index (χ4n) is 7.93. The first kappa shape index (κ1) is 30.5. The number of carbonyl (C=O) groups is 1. The smallest absolute Gasteiger partial charge is 0.302 e. The highest BCUT2D eigenvalue weighted by atomic mass is 32.1. The maximum atomic E-state index is 12.2. The second kappa shape index (κ2) is 10.3. The van der Waals surface area contributed by atoms with Gasteiger partial charge < -0.3 is 34.6 Å². The minimum Gasteiger partial charge on any atom is -0.504 e. The van der Waals surface area contributed by atoms with Gasteiger partial charge in [-0.2, -0.15) is 0 Å². The Kier molecular flexibility index (Phi) is 7.68. The summed E-state index contributed by atoms with van der Waals surface area (Å²) in [5, 5.41) is 46.3. The zero-order valence-corrected chi connectivity index (χ0v) is 26.1. The molecule has 1 aromatic heterocycles. The summed E-state index contributed by atoms with van der Waals surface area (Å²) in [6, 6.07) is 0. The van der Waals surface area contributed by atoms with Crippen LogP contribution < -0.4 is 4.74 Å². The molecule has 3 aliphatic rings. The molecule has 0 spiro atoms. The number of esters is 1. The van der Waals surface area contributed by atoms with Gasteiger partial charge >= 0.3 is 5.97 Å². The summed E-state index contributed by atoms with van der Waals surface area (Å²) >= 11 is 1.36. The maximum Gasteiger partial charge on any atom is 0.302 e. The molecule has 1 aromatic carbocycles. The lowest BCUT2D eigenvalue weighted by molar-refractivity contribution is -0.288. The van der Waals surface area contributed by atoms with Gasteiger partial charge in [0.2, 0.25) is 0 Å². The molecule has 228 valence electrons. The second-order valence-electron chi connectivity index (χ2n) is 13.5. The molecular formula is C31H45NO8S. The molecule has 0 bridgehead atoms. The molecular weight excluding hydrogens is 546 g/mol. The van der Waals surface area contributed by atoms with Gasteiger partial charge in [0.25, 0.3) is 0 Å². The largest absolute Gasteiger partial charge is 0.504 e. The molecule has 10 atom stereocenters. The van der Waals surface area contributed by atoms with Crippen LogP contribution in [0.4, 0.5) is 0 Å². The van der Waals surface area contributed by atoms with Gasteiger partial charge in [-0.25, -0.2) is 4.98 Å². The van der Waals surface area contributed by atoms with Crippen LogP contribution >= 0.6 is 11.3 Å². The molecule has 2 aliphatic heterocycles. The molecule has 5 rings (SSSR count). The molecule has 2 fully saturated rings. The van der Waals surface area contributed by atoms with Gasteiger partial charge in [0, 0.05) is 36.2 Å². The van der Waals surface area contributed by atoms with Crippen LogP contribution in [0.1, 0.15) is 104 Å². The Bertz CT molecular complexity index is 1320. The maximum absolute atomic E-state index is 12.2. The Balaban J connectivity index is 1.64. The summed E-state index contributed by atoms with van der Waals surface area (Å²) in [5.74, 6) is -1.15. The average molecular weight is 592 g/mol. The predicted octanol–water partition coefficient (Wildman–Crippen LogP) is 4.97. The van der Waals surface area contributed by atoms with Crippen molar-refractivity contribution in [2.24, 2.45) is 17.3 Å². The van der Waals surface area contributed by atoms with Crippen molar-refractivity contribution in [2.45, 2.75) is 129 Å². The van der Waals surface area contributed by atoms with Crippen LogP contribution in [0.15, 0.2) is 5.51 Å². The van der Waals surface area contributed by atoms with E-state index in [2.05, 4.69) is 4.98 Å². The normalized spacial score (nSPS) is 35.4. The van der Waals surface area contributed by atoms with Crippen LogP contribution in [0.3, 0.4) is 0 Å². The van der Waals surface area contributed by atoms with E-state index >= 15 is 0 Å². The van der Waals surface area contributed by atoms with E-state index in [1.54, 1.807) is 19.4 Å². The third kappa shape index (κ3) is 4.65. The average Bonchev–Trinajstić information content (AvgIpc) is 3.35. The van der Waals surface area contributed by atoms with Crippen molar-refractivity contribution < 1.29 is 39.4 Å². The van der Waals surface area contributed by atoms with Crippen LogP contribution in [0.25, 0.3) is 10.2 Å². The van der Waals surface area contributed by atoms with Crippen molar-refractivity contribution in [2.75, 3.05) is 0 Å². The number of benzene rings is 1. The van der Waals surface area contributed by atoms with E-state index in [0.29, 0.717) is 34.2 Å². The zero-order valence-electron chi connectivity index (χ0n) is 25.3. The van der Waals surface area contributed by atoms with Gasteiger partial charge in [-0.05, 0) is 39.5 Å². The molecule has 1 saturated heterocycles. The van der Waals surface area contributed by atoms with Crippen molar-refractivity contribution >= 4 is 27.5 Å². The number of fused-ring (bicyclic) bond motifs is 6. The minimum absolute atomic E-state index is 0.0384. The van der Waals surface area contributed by atoms with Crippen molar-refractivity contribution in [3.05, 3.63) is 16.6 Å². The first-order valence-electron chi connectivity index (χ1n) is 14.8. The highest BCUT2D eigenvalue weighted by molar-refractivity contribution is 7.17. The monoisotopic (exact) mass is 591 g/mol. The number of thiazole rings is 1. The number of aliphatic hydroxyl groups excluding tert-OH is 2. The van der Waals surface area contributed by atoms with Crippen molar-refractivity contribution in [3.8, 4) is 11.5 Å². The van der Waals surface area contributed by atoms with Gasteiger partial charge in [-0.15, -0.1) is 11.3 Å². The SMILES string of the molecule is CC[C@@H](C)[C@@H](OC(C)=O)[C@@H](C)c1c(O)c2c(c3ncsc13)[C@@H](O)[C@@H]1[C@@]3(C)[C@@H](O)C[C@H](C(C)(C)O)O[C@@H]3CC[C@@]1(C)O2. The lowest BCUT2D eigenvalue weighted by Gasteiger charge is -2.62. The third-order valence-electron chi connectivity index (χ3n) is 10.4. The van der Waals surface area contributed by atoms with E-state index < -0.39 is 53.1 Å². The van der Waals surface area contributed by atoms with Crippen molar-refractivity contribution in [1.29, 1.82) is 0 Å². The molecule has 1 saturated carbocycles. The number of aromatic hydroxyl groups is 1. The minimum atomic E-state index is -1.12. The summed E-state index contributed by atoms with van der Waals surface area (Å²) in [5.41, 5.74) is 0.297. The van der Waals surface area contributed by atoms with E-state index in [1.807, 2.05) is 34.6 Å². The quantitative estimate of drug-likeness (QED) is 0.343. The number of nitrogens with zero attached hydrogens (tertiary/aromatic N) is 1. The van der Waals surface area contributed by atoms with E-state index in [-0.39, 0.29) is 35.7 Å². The highest BCUT2D eigenvalue weighted by Gasteiger charge is 2.66. The summed E-state index contributed by atoms with van der Waals surface area (Å²) in [6.07, 6.45) is -1.30. The van der Waals surface area contributed by atoms with E-state index in [1.165, 1.54) is 18.3 Å². The molecule has 4 N–H and O–H groups in total. The second-order valence-corrected chi connectivity index (χ2v) is 14.4. The molecule has 1 aliphatic carbocycles. The van der Waals surface area contributed by atoms with E-state index in [0.717, 1.165) is 6.42 Å². The molecule has 2 aromatic rings. The predicted molar refractivity (Wildman–Crippen MR) is 155 cm³/mol. The standard InChI is InChI=1S/C31H45NO8S/c1-9-14(2)25(38-16(4)33)15(3)20-23(35)26-21(22-27(20)41-13-32-22)24(36)28-30(7,40-26)11-10-18-31(28,8)17(34)12-19(39-18)29(5,6)37/h13-15,17-19,24-25,28,34-37H,9-12H2,1-8H3/t14-,15+,17+,18-,19-,24-,25-,28+,30-,31+/m1/s1. The lowest BCUT2D eigenvalue weighted by Crippen LogP contribution is -2.68. The molecule has 3 heterocycles. The van der Waals surface area contributed by atoms with Crippen LogP contribution in [-0.2, 0) is 14.3 Å². The molecule has 9 nitrogen and oxygen atoms in total. The van der Waals surface area contributed by atoms with Crippen LogP contribution in [0.5, 0.6) is 11.5 Å². The number of aliphatic hydroxyl groups is 3. The Labute approximate surface area is 245 Å². The number of hydrogen-bond donors (Lipinski definition) is 4. The summed E-state index contributed by atoms with van der Waals surface area (Å²) < 4.78 is 19.6. The fourth-order valence-corrected chi connectivity index (χ4v) is 8.87. The Morgan fingerprint density at radius 3 is 2.59 bits per heavy atom. The van der Waals surface area contributed by atoms with Gasteiger partial charge in [-0.3, -0.25) is 4.79 Å². The number of rotatable bonds is 6. The van der Waals surface area contributed by atoms with E-state index in [4.69, 9.17) is 14.2 Å². The van der Waals surface area contributed by atoms with E-state index in [9.17, 15) is 25.2 Å². The van der Waals surface area contributed by atoms with Crippen molar-refractivity contribution in [1.82, 2.24) is 4.98 Å².